The van der Waals surface area contributed by atoms with Crippen LogP contribution in [0.2, 0.25) is 0 Å². The van der Waals surface area contributed by atoms with Gasteiger partial charge in [-0.25, -0.2) is 14.2 Å². The number of halogens is 1. The van der Waals surface area contributed by atoms with Gasteiger partial charge in [-0.15, -0.1) is 0 Å². The predicted molar refractivity (Wildman–Crippen MR) is 153 cm³/mol. The van der Waals surface area contributed by atoms with Crippen LogP contribution in [0.3, 0.4) is 0 Å². The standard InChI is InChI=1S/C30H32FN5O6/c1-30(2,3)42-29(40)33-21-11-13-35(14-12-21)28-34-26(19-5-6-20(16-32)23(31)15-19)25(27(39)36(28)17-24(37)38)18-7-9-22(41-4)10-8-18/h5-10,15,21H,11-14,17H2,1-4H3,(H,33,40)(H,37,38). The van der Waals surface area contributed by atoms with E-state index < -0.39 is 35.6 Å². The number of aliphatic carboxylic acids is 1. The number of rotatable bonds is 7. The molecule has 0 unspecified atom stereocenters. The zero-order chi connectivity index (χ0) is 30.6. The molecule has 0 saturated carbocycles. The van der Waals surface area contributed by atoms with Crippen LogP contribution in [0.5, 0.6) is 5.75 Å². The first-order chi connectivity index (χ1) is 19.9. The number of benzene rings is 2. The summed E-state index contributed by atoms with van der Waals surface area (Å²) in [6.45, 7) is 5.38. The van der Waals surface area contributed by atoms with Gasteiger partial charge in [-0.05, 0) is 63.4 Å². The van der Waals surface area contributed by atoms with Crippen LogP contribution < -0.4 is 20.5 Å². The van der Waals surface area contributed by atoms with E-state index in [4.69, 9.17) is 14.5 Å². The molecule has 1 aromatic heterocycles. The molecular formula is C30H32FN5O6. The zero-order valence-electron chi connectivity index (χ0n) is 23.8. The summed E-state index contributed by atoms with van der Waals surface area (Å²) in [7, 11) is 1.50. The lowest BCUT2D eigenvalue weighted by atomic mass is 9.99. The van der Waals surface area contributed by atoms with E-state index in [9.17, 15) is 29.1 Å². The first-order valence-corrected chi connectivity index (χ1v) is 13.4. The van der Waals surface area contributed by atoms with E-state index in [0.29, 0.717) is 37.2 Å². The highest BCUT2D eigenvalue weighted by molar-refractivity contribution is 5.82. The summed E-state index contributed by atoms with van der Waals surface area (Å²) in [6.07, 6.45) is 0.447. The third kappa shape index (κ3) is 6.86. The zero-order valence-corrected chi connectivity index (χ0v) is 23.8. The van der Waals surface area contributed by atoms with Gasteiger partial charge in [0.1, 0.15) is 29.8 Å². The average molecular weight is 578 g/mol. The molecule has 0 atom stereocenters. The van der Waals surface area contributed by atoms with E-state index >= 15 is 0 Å². The third-order valence-electron chi connectivity index (χ3n) is 6.68. The number of ether oxygens (including phenoxy) is 2. The molecule has 0 spiro atoms. The van der Waals surface area contributed by atoms with Crippen LogP contribution in [0.4, 0.5) is 15.1 Å². The first-order valence-electron chi connectivity index (χ1n) is 13.4. The molecule has 1 aliphatic heterocycles. The van der Waals surface area contributed by atoms with Gasteiger partial charge in [-0.2, -0.15) is 5.26 Å². The normalized spacial score (nSPS) is 13.8. The molecule has 1 saturated heterocycles. The lowest BCUT2D eigenvalue weighted by Gasteiger charge is -2.34. The number of alkyl carbamates (subject to hydrolysis) is 1. The van der Waals surface area contributed by atoms with Gasteiger partial charge in [0.25, 0.3) is 5.56 Å². The second-order valence-electron chi connectivity index (χ2n) is 10.9. The number of anilines is 1. The topological polar surface area (TPSA) is 147 Å². The van der Waals surface area contributed by atoms with E-state index in [1.807, 2.05) is 0 Å². The summed E-state index contributed by atoms with van der Waals surface area (Å²) in [4.78, 5) is 44.7. The van der Waals surface area contributed by atoms with Crippen LogP contribution in [0.1, 0.15) is 39.2 Å². The van der Waals surface area contributed by atoms with Crippen molar-refractivity contribution in [3.8, 4) is 34.2 Å². The highest BCUT2D eigenvalue weighted by Gasteiger charge is 2.29. The molecule has 2 aromatic carbocycles. The molecule has 0 aliphatic carbocycles. The summed E-state index contributed by atoms with van der Waals surface area (Å²) in [5.41, 5.74) is -0.537. The second kappa shape index (κ2) is 12.3. The Bertz CT molecular complexity index is 1580. The van der Waals surface area contributed by atoms with Crippen molar-refractivity contribution < 1.29 is 28.6 Å². The summed E-state index contributed by atoms with van der Waals surface area (Å²) < 4.78 is 26.4. The number of nitrogens with zero attached hydrogens (tertiary/aromatic N) is 4. The monoisotopic (exact) mass is 577 g/mol. The predicted octanol–water partition coefficient (Wildman–Crippen LogP) is 4.17. The SMILES string of the molecule is COc1ccc(-c2c(-c3ccc(C#N)c(F)c3)nc(N3CCC(NC(=O)OC(C)(C)C)CC3)n(CC(=O)O)c2=O)cc1. The second-order valence-corrected chi connectivity index (χ2v) is 10.9. The van der Waals surface area contributed by atoms with Gasteiger partial charge >= 0.3 is 12.1 Å². The fourth-order valence-corrected chi connectivity index (χ4v) is 4.74. The Hall–Kier alpha value is -4.92. The molecule has 2 heterocycles. The number of amides is 1. The minimum atomic E-state index is -1.24. The minimum absolute atomic E-state index is 0.0771. The number of hydrogen-bond donors (Lipinski definition) is 2. The fraction of sp³-hybridized carbons (Fsp3) is 0.367. The number of nitrogens with one attached hydrogen (secondary N) is 1. The molecule has 0 radical (unpaired) electrons. The van der Waals surface area contributed by atoms with E-state index in [1.54, 1.807) is 56.0 Å². The number of methoxy groups -OCH3 is 1. The van der Waals surface area contributed by atoms with Crippen LogP contribution in [-0.2, 0) is 16.1 Å². The summed E-state index contributed by atoms with van der Waals surface area (Å²) >= 11 is 0. The molecule has 220 valence electrons. The fourth-order valence-electron chi connectivity index (χ4n) is 4.74. The number of carboxylic acids is 1. The summed E-state index contributed by atoms with van der Waals surface area (Å²) in [5, 5.41) is 21.7. The van der Waals surface area contributed by atoms with Gasteiger partial charge < -0.3 is 24.8 Å². The minimum Gasteiger partial charge on any atom is -0.497 e. The van der Waals surface area contributed by atoms with E-state index in [2.05, 4.69) is 5.32 Å². The van der Waals surface area contributed by atoms with Crippen LogP contribution in [0, 0.1) is 17.1 Å². The summed E-state index contributed by atoms with van der Waals surface area (Å²) in [6, 6.07) is 12.1. The van der Waals surface area contributed by atoms with Gasteiger partial charge in [-0.1, -0.05) is 18.2 Å². The number of carboxylic acid groups (broad SMARTS) is 1. The van der Waals surface area contributed by atoms with Crippen molar-refractivity contribution in [3.05, 3.63) is 64.2 Å². The maximum Gasteiger partial charge on any atom is 0.407 e. The smallest absolute Gasteiger partial charge is 0.407 e. The molecule has 1 aliphatic rings. The van der Waals surface area contributed by atoms with Crippen molar-refractivity contribution >= 4 is 18.0 Å². The Labute approximate surface area is 242 Å². The molecule has 3 aromatic rings. The number of piperidine rings is 1. The van der Waals surface area contributed by atoms with Crippen LogP contribution in [0.25, 0.3) is 22.4 Å². The number of carbonyl (C=O) groups is 2. The number of nitriles is 1. The molecule has 1 fully saturated rings. The molecular weight excluding hydrogens is 545 g/mol. The molecule has 12 heteroatoms. The Morgan fingerprint density at radius 1 is 1.14 bits per heavy atom. The van der Waals surface area contributed by atoms with Crippen LogP contribution >= 0.6 is 0 Å². The van der Waals surface area contributed by atoms with Gasteiger partial charge in [0.05, 0.1) is 23.9 Å². The molecule has 42 heavy (non-hydrogen) atoms. The highest BCUT2D eigenvalue weighted by atomic mass is 19.1. The van der Waals surface area contributed by atoms with Gasteiger partial charge in [0, 0.05) is 24.7 Å². The van der Waals surface area contributed by atoms with E-state index in [-0.39, 0.29) is 34.4 Å². The largest absolute Gasteiger partial charge is 0.497 e. The van der Waals surface area contributed by atoms with Crippen molar-refractivity contribution in [2.24, 2.45) is 0 Å². The van der Waals surface area contributed by atoms with Crippen molar-refractivity contribution in [3.63, 3.8) is 0 Å². The van der Waals surface area contributed by atoms with Crippen molar-refractivity contribution in [2.75, 3.05) is 25.1 Å². The molecule has 0 bridgehead atoms. The van der Waals surface area contributed by atoms with E-state index in [1.165, 1.54) is 19.2 Å². The highest BCUT2D eigenvalue weighted by Crippen LogP contribution is 2.32. The Kier molecular flexibility index (Phi) is 8.80. The Balaban J connectivity index is 1.80. The quantitative estimate of drug-likeness (QED) is 0.422. The first kappa shape index (κ1) is 30.0. The van der Waals surface area contributed by atoms with Crippen molar-refractivity contribution in [2.45, 2.75) is 51.8 Å². The van der Waals surface area contributed by atoms with Gasteiger partial charge in [-0.3, -0.25) is 14.2 Å². The maximum absolute atomic E-state index is 14.7. The Morgan fingerprint density at radius 2 is 1.79 bits per heavy atom. The maximum atomic E-state index is 14.7. The molecule has 4 rings (SSSR count). The van der Waals surface area contributed by atoms with Crippen LogP contribution in [0.15, 0.2) is 47.3 Å². The molecule has 11 nitrogen and oxygen atoms in total. The molecule has 1 amide bonds. The van der Waals surface area contributed by atoms with E-state index in [0.717, 1.165) is 10.6 Å². The lowest BCUT2D eigenvalue weighted by molar-refractivity contribution is -0.137. The average Bonchev–Trinajstić information content (AvgIpc) is 2.93. The lowest BCUT2D eigenvalue weighted by Crippen LogP contribution is -2.47. The third-order valence-corrected chi connectivity index (χ3v) is 6.68. The van der Waals surface area contributed by atoms with Crippen LogP contribution in [-0.4, -0.2) is 58.6 Å². The molecule has 2 N–H and O–H groups in total. The number of aromatic nitrogens is 2. The number of hydrogen-bond acceptors (Lipinski definition) is 8. The Morgan fingerprint density at radius 3 is 2.33 bits per heavy atom. The van der Waals surface area contributed by atoms with Crippen molar-refractivity contribution in [1.29, 1.82) is 5.26 Å². The van der Waals surface area contributed by atoms with Gasteiger partial charge in [0.15, 0.2) is 0 Å². The van der Waals surface area contributed by atoms with Crippen molar-refractivity contribution in [1.82, 2.24) is 14.9 Å². The number of carbonyl (C=O) groups excluding carboxylic acids is 1. The van der Waals surface area contributed by atoms with Gasteiger partial charge in [0.2, 0.25) is 5.95 Å². The summed E-state index contributed by atoms with van der Waals surface area (Å²) in [5.74, 6) is -1.36.